The number of phenols is 1. The van der Waals surface area contributed by atoms with Gasteiger partial charge in [0.05, 0.1) is 13.2 Å². The largest absolute Gasteiger partial charge is 0.504 e. The van der Waals surface area contributed by atoms with Crippen LogP contribution in [0.15, 0.2) is 23.8 Å². The van der Waals surface area contributed by atoms with Crippen molar-refractivity contribution in [3.05, 3.63) is 29.3 Å². The molecule has 1 aromatic rings. The Morgan fingerprint density at radius 2 is 2.16 bits per heavy atom. The lowest BCUT2D eigenvalue weighted by Gasteiger charge is -2.07. The molecule has 0 radical (unpaired) electrons. The molecule has 0 amide bonds. The van der Waals surface area contributed by atoms with E-state index in [1.165, 1.54) is 25.3 Å². The Labute approximate surface area is 111 Å². The molecule has 0 fully saturated rings. The molecule has 0 spiro atoms. The van der Waals surface area contributed by atoms with Crippen LogP contribution in [0.1, 0.15) is 19.4 Å². The van der Waals surface area contributed by atoms with Crippen LogP contribution in [0.5, 0.6) is 11.5 Å². The van der Waals surface area contributed by atoms with Crippen molar-refractivity contribution in [2.45, 2.75) is 20.0 Å². The van der Waals surface area contributed by atoms with Crippen molar-refractivity contribution >= 4 is 12.0 Å². The lowest BCUT2D eigenvalue weighted by Crippen LogP contribution is -2.12. The minimum atomic E-state index is -0.676. The number of aromatic hydroxyl groups is 1. The summed E-state index contributed by atoms with van der Waals surface area (Å²) in [5.41, 5.74) is 0.452. The lowest BCUT2D eigenvalue weighted by atomic mass is 10.1. The van der Waals surface area contributed by atoms with Crippen molar-refractivity contribution in [1.82, 2.24) is 0 Å². The number of rotatable bonds is 4. The maximum absolute atomic E-state index is 11.6. The molecule has 0 unspecified atom stereocenters. The first-order valence-electron chi connectivity index (χ1n) is 5.67. The topological polar surface area (TPSA) is 79.5 Å². The van der Waals surface area contributed by atoms with E-state index in [2.05, 4.69) is 0 Å². The second kappa shape index (κ2) is 6.45. The van der Waals surface area contributed by atoms with E-state index in [0.717, 1.165) is 0 Å². The number of hydrogen-bond donors (Lipinski definition) is 1. The van der Waals surface area contributed by atoms with Crippen LogP contribution in [0.2, 0.25) is 0 Å². The average molecular weight is 261 g/mol. The number of methoxy groups -OCH3 is 1. The predicted molar refractivity (Wildman–Crippen MR) is 69.5 cm³/mol. The van der Waals surface area contributed by atoms with Gasteiger partial charge >= 0.3 is 5.97 Å². The molecule has 5 nitrogen and oxygen atoms in total. The summed E-state index contributed by atoms with van der Waals surface area (Å²) >= 11 is 0. The number of carbonyl (C=O) groups is 1. The molecular weight excluding hydrogens is 246 g/mol. The Kier molecular flexibility index (Phi) is 4.95. The van der Waals surface area contributed by atoms with Crippen LogP contribution in [0, 0.1) is 11.3 Å². The van der Waals surface area contributed by atoms with Crippen LogP contribution in [0.3, 0.4) is 0 Å². The van der Waals surface area contributed by atoms with Gasteiger partial charge in [-0.1, -0.05) is 6.07 Å². The van der Waals surface area contributed by atoms with Gasteiger partial charge in [-0.3, -0.25) is 0 Å². The zero-order chi connectivity index (χ0) is 14.4. The summed E-state index contributed by atoms with van der Waals surface area (Å²) in [5, 5.41) is 18.4. The number of phenolic OH excluding ortho intramolecular Hbond substituents is 1. The molecule has 0 atom stereocenters. The highest BCUT2D eigenvalue weighted by molar-refractivity contribution is 5.98. The molecular formula is C14H15NO4. The Morgan fingerprint density at radius 3 is 2.68 bits per heavy atom. The Balaban J connectivity index is 3.05. The van der Waals surface area contributed by atoms with Gasteiger partial charge in [-0.2, -0.15) is 5.26 Å². The Morgan fingerprint density at radius 1 is 1.47 bits per heavy atom. The summed E-state index contributed by atoms with van der Waals surface area (Å²) in [6.45, 7) is 3.41. The van der Waals surface area contributed by atoms with E-state index in [-0.39, 0.29) is 23.2 Å². The van der Waals surface area contributed by atoms with Gasteiger partial charge in [0.15, 0.2) is 11.5 Å². The second-order valence-corrected chi connectivity index (χ2v) is 4.06. The minimum Gasteiger partial charge on any atom is -0.504 e. The number of hydrogen-bond acceptors (Lipinski definition) is 5. The van der Waals surface area contributed by atoms with E-state index < -0.39 is 5.97 Å². The molecule has 0 aliphatic heterocycles. The smallest absolute Gasteiger partial charge is 0.349 e. The molecule has 1 N–H and O–H groups in total. The van der Waals surface area contributed by atoms with E-state index >= 15 is 0 Å². The first-order valence-corrected chi connectivity index (χ1v) is 5.67. The van der Waals surface area contributed by atoms with Gasteiger partial charge in [-0.15, -0.1) is 0 Å². The normalized spacial score (nSPS) is 11.0. The van der Waals surface area contributed by atoms with E-state index in [1.54, 1.807) is 26.0 Å². The Bertz CT molecular complexity index is 541. The monoisotopic (exact) mass is 261 g/mol. The average Bonchev–Trinajstić information content (AvgIpc) is 2.36. The van der Waals surface area contributed by atoms with Gasteiger partial charge in [0.1, 0.15) is 11.6 Å². The summed E-state index contributed by atoms with van der Waals surface area (Å²) < 4.78 is 9.89. The van der Waals surface area contributed by atoms with E-state index in [0.29, 0.717) is 5.56 Å². The predicted octanol–water partition coefficient (Wildman–Crippen LogP) is 2.26. The first kappa shape index (κ1) is 14.6. The minimum absolute atomic E-state index is 0.0112. The molecule has 1 aromatic carbocycles. The van der Waals surface area contributed by atoms with Crippen molar-refractivity contribution in [1.29, 1.82) is 5.26 Å². The third-order valence-corrected chi connectivity index (χ3v) is 2.20. The lowest BCUT2D eigenvalue weighted by molar-refractivity contribution is -0.142. The SMILES string of the molecule is COc1cc(/C=C(\C#N)C(=O)OC(C)C)ccc1O. The van der Waals surface area contributed by atoms with Crippen LogP contribution in [0.4, 0.5) is 0 Å². The maximum Gasteiger partial charge on any atom is 0.349 e. The zero-order valence-corrected chi connectivity index (χ0v) is 11.0. The van der Waals surface area contributed by atoms with Crippen LogP contribution >= 0.6 is 0 Å². The van der Waals surface area contributed by atoms with Crippen LogP contribution < -0.4 is 4.74 Å². The molecule has 0 saturated carbocycles. The molecule has 0 aromatic heterocycles. The highest BCUT2D eigenvalue weighted by atomic mass is 16.5. The zero-order valence-electron chi connectivity index (χ0n) is 11.0. The molecule has 5 heteroatoms. The standard InChI is InChI=1S/C14H15NO4/c1-9(2)19-14(17)11(8-15)6-10-4-5-12(16)13(7-10)18-3/h4-7,9,16H,1-3H3/b11-6+. The van der Waals surface area contributed by atoms with Crippen molar-refractivity contribution in [3.8, 4) is 17.6 Å². The summed E-state index contributed by atoms with van der Waals surface area (Å²) in [6, 6.07) is 6.31. The number of benzene rings is 1. The van der Waals surface area contributed by atoms with Crippen molar-refractivity contribution in [2.24, 2.45) is 0 Å². The van der Waals surface area contributed by atoms with Crippen LogP contribution in [-0.4, -0.2) is 24.3 Å². The summed E-state index contributed by atoms with van der Waals surface area (Å²) in [7, 11) is 1.42. The summed E-state index contributed by atoms with van der Waals surface area (Å²) in [6.07, 6.45) is 1.09. The number of nitrogens with zero attached hydrogens (tertiary/aromatic N) is 1. The molecule has 0 heterocycles. The third kappa shape index (κ3) is 4.03. The quantitative estimate of drug-likeness (QED) is 0.511. The van der Waals surface area contributed by atoms with Gasteiger partial charge in [-0.25, -0.2) is 4.79 Å². The molecule has 0 saturated heterocycles. The number of esters is 1. The maximum atomic E-state index is 11.6. The van der Waals surface area contributed by atoms with Crippen molar-refractivity contribution in [3.63, 3.8) is 0 Å². The van der Waals surface area contributed by atoms with Gasteiger partial charge in [0.25, 0.3) is 0 Å². The number of carbonyl (C=O) groups excluding carboxylic acids is 1. The summed E-state index contributed by atoms with van der Waals surface area (Å²) in [4.78, 5) is 11.6. The van der Waals surface area contributed by atoms with Crippen molar-refractivity contribution < 1.29 is 19.4 Å². The van der Waals surface area contributed by atoms with Crippen LogP contribution in [-0.2, 0) is 9.53 Å². The molecule has 19 heavy (non-hydrogen) atoms. The molecule has 1 rings (SSSR count). The molecule has 0 aliphatic rings. The van der Waals surface area contributed by atoms with Gasteiger partial charge < -0.3 is 14.6 Å². The van der Waals surface area contributed by atoms with E-state index in [1.807, 2.05) is 0 Å². The van der Waals surface area contributed by atoms with Crippen molar-refractivity contribution in [2.75, 3.05) is 7.11 Å². The third-order valence-electron chi connectivity index (χ3n) is 2.20. The van der Waals surface area contributed by atoms with Gasteiger partial charge in [0, 0.05) is 0 Å². The fourth-order valence-electron chi connectivity index (χ4n) is 1.37. The summed E-state index contributed by atoms with van der Waals surface area (Å²) in [5.74, 6) is -0.421. The number of nitriles is 1. The first-order chi connectivity index (χ1) is 8.97. The van der Waals surface area contributed by atoms with Gasteiger partial charge in [-0.05, 0) is 37.6 Å². The highest BCUT2D eigenvalue weighted by Gasteiger charge is 2.12. The van der Waals surface area contributed by atoms with E-state index in [4.69, 9.17) is 14.7 Å². The number of ether oxygens (including phenoxy) is 2. The Hall–Kier alpha value is -2.48. The van der Waals surface area contributed by atoms with Gasteiger partial charge in [0.2, 0.25) is 0 Å². The van der Waals surface area contributed by atoms with Crippen LogP contribution in [0.25, 0.3) is 6.08 Å². The molecule has 100 valence electrons. The van der Waals surface area contributed by atoms with E-state index in [9.17, 15) is 9.90 Å². The fraction of sp³-hybridized carbons (Fsp3) is 0.286. The molecule has 0 aliphatic carbocycles. The fourth-order valence-corrected chi connectivity index (χ4v) is 1.37. The molecule has 0 bridgehead atoms. The second-order valence-electron chi connectivity index (χ2n) is 4.06. The highest BCUT2D eigenvalue weighted by Crippen LogP contribution is 2.27.